The molecule has 0 unspecified atom stereocenters. The molecule has 152 valence electrons. The van der Waals surface area contributed by atoms with Crippen molar-refractivity contribution in [3.63, 3.8) is 0 Å². The van der Waals surface area contributed by atoms with Crippen LogP contribution in [0.5, 0.6) is 5.75 Å². The Morgan fingerprint density at radius 1 is 1.25 bits per heavy atom. The standard InChI is InChI=1S/C22H28O6/c1-14(17(23)13-19-21(2,3)28-22(4,5)27-19)10-11-25-16-8-6-15-7-9-20(24)26-18(15)12-16/h6-10,12,17,19,23H,11,13H2,1-5H3/b14-10+/t17-,19+/m0/s1. The summed E-state index contributed by atoms with van der Waals surface area (Å²) in [6.07, 6.45) is 1.43. The fraction of sp³-hybridized carbons (Fsp3) is 0.500. The average molecular weight is 388 g/mol. The Kier molecular flexibility index (Phi) is 5.66. The van der Waals surface area contributed by atoms with Gasteiger partial charge in [-0.15, -0.1) is 0 Å². The van der Waals surface area contributed by atoms with Crippen molar-refractivity contribution in [3.05, 3.63) is 52.4 Å². The molecule has 0 radical (unpaired) electrons. The Labute approximate surface area is 164 Å². The van der Waals surface area contributed by atoms with Crippen LogP contribution in [-0.4, -0.2) is 35.3 Å². The maximum Gasteiger partial charge on any atom is 0.336 e. The fourth-order valence-corrected chi connectivity index (χ4v) is 3.46. The lowest BCUT2D eigenvalue weighted by molar-refractivity contribution is -0.158. The zero-order valence-electron chi connectivity index (χ0n) is 17.0. The minimum Gasteiger partial charge on any atom is -0.489 e. The average Bonchev–Trinajstić information content (AvgIpc) is 2.80. The molecule has 1 saturated heterocycles. The minimum absolute atomic E-state index is 0.204. The Morgan fingerprint density at radius 3 is 2.64 bits per heavy atom. The van der Waals surface area contributed by atoms with E-state index in [9.17, 15) is 9.90 Å². The van der Waals surface area contributed by atoms with Gasteiger partial charge in [0.15, 0.2) is 5.79 Å². The summed E-state index contributed by atoms with van der Waals surface area (Å²) in [5, 5.41) is 11.4. The van der Waals surface area contributed by atoms with Gasteiger partial charge in [-0.1, -0.05) is 0 Å². The predicted octanol–water partition coefficient (Wildman–Crippen LogP) is 3.80. The number of hydrogen-bond donors (Lipinski definition) is 1. The predicted molar refractivity (Wildman–Crippen MR) is 106 cm³/mol. The van der Waals surface area contributed by atoms with E-state index in [0.717, 1.165) is 11.0 Å². The Balaban J connectivity index is 1.59. The molecule has 1 aromatic heterocycles. The van der Waals surface area contributed by atoms with E-state index in [0.29, 0.717) is 24.4 Å². The number of benzene rings is 1. The van der Waals surface area contributed by atoms with Crippen LogP contribution in [0.25, 0.3) is 11.0 Å². The maximum absolute atomic E-state index is 11.3. The smallest absolute Gasteiger partial charge is 0.336 e. The third-order valence-electron chi connectivity index (χ3n) is 4.92. The number of rotatable bonds is 6. The van der Waals surface area contributed by atoms with Crippen molar-refractivity contribution in [2.24, 2.45) is 0 Å². The third kappa shape index (κ3) is 4.82. The van der Waals surface area contributed by atoms with E-state index in [4.69, 9.17) is 18.6 Å². The van der Waals surface area contributed by atoms with Crippen molar-refractivity contribution in [3.8, 4) is 5.75 Å². The molecule has 2 heterocycles. The quantitative estimate of drug-likeness (QED) is 0.599. The highest BCUT2D eigenvalue weighted by molar-refractivity contribution is 5.77. The molecule has 2 atom stereocenters. The van der Waals surface area contributed by atoms with Gasteiger partial charge in [-0.3, -0.25) is 0 Å². The fourth-order valence-electron chi connectivity index (χ4n) is 3.46. The highest BCUT2D eigenvalue weighted by Gasteiger charge is 2.47. The van der Waals surface area contributed by atoms with Gasteiger partial charge >= 0.3 is 5.63 Å². The third-order valence-corrected chi connectivity index (χ3v) is 4.92. The molecule has 0 aliphatic carbocycles. The van der Waals surface area contributed by atoms with Crippen LogP contribution in [0, 0.1) is 0 Å². The van der Waals surface area contributed by atoms with Crippen molar-refractivity contribution in [2.45, 2.75) is 64.6 Å². The van der Waals surface area contributed by atoms with E-state index in [-0.39, 0.29) is 6.10 Å². The molecule has 1 N–H and O–H groups in total. The molecule has 0 amide bonds. The van der Waals surface area contributed by atoms with E-state index in [1.807, 2.05) is 52.8 Å². The zero-order chi connectivity index (χ0) is 20.5. The van der Waals surface area contributed by atoms with Gasteiger partial charge in [0.05, 0.1) is 17.8 Å². The molecule has 3 rings (SSSR count). The van der Waals surface area contributed by atoms with Gasteiger partial charge in [0, 0.05) is 23.9 Å². The molecule has 1 aromatic carbocycles. The molecule has 0 bridgehead atoms. The second kappa shape index (κ2) is 7.70. The largest absolute Gasteiger partial charge is 0.489 e. The normalized spacial score (nSPS) is 22.4. The first-order chi connectivity index (χ1) is 13.1. The summed E-state index contributed by atoms with van der Waals surface area (Å²) in [5.74, 6) is -0.0597. The second-order valence-electron chi connectivity index (χ2n) is 8.18. The molecule has 1 fully saturated rings. The maximum atomic E-state index is 11.3. The minimum atomic E-state index is -0.653. The molecule has 28 heavy (non-hydrogen) atoms. The van der Waals surface area contributed by atoms with Crippen LogP contribution < -0.4 is 10.4 Å². The van der Waals surface area contributed by atoms with E-state index >= 15 is 0 Å². The van der Waals surface area contributed by atoms with Crippen LogP contribution in [0.4, 0.5) is 0 Å². The van der Waals surface area contributed by atoms with Gasteiger partial charge in [0.2, 0.25) is 0 Å². The summed E-state index contributed by atoms with van der Waals surface area (Å²) in [4.78, 5) is 11.3. The Bertz CT molecular complexity index is 924. The Morgan fingerprint density at radius 2 is 1.96 bits per heavy atom. The monoisotopic (exact) mass is 388 g/mol. The van der Waals surface area contributed by atoms with Crippen LogP contribution in [0.1, 0.15) is 41.0 Å². The van der Waals surface area contributed by atoms with Crippen molar-refractivity contribution in [2.75, 3.05) is 6.61 Å². The first-order valence-corrected chi connectivity index (χ1v) is 9.45. The van der Waals surface area contributed by atoms with Crippen LogP contribution in [0.3, 0.4) is 0 Å². The number of ether oxygens (including phenoxy) is 3. The summed E-state index contributed by atoms with van der Waals surface area (Å²) in [7, 11) is 0. The zero-order valence-corrected chi connectivity index (χ0v) is 17.0. The molecule has 1 aliphatic rings. The van der Waals surface area contributed by atoms with Gasteiger partial charge in [-0.2, -0.15) is 0 Å². The second-order valence-corrected chi connectivity index (χ2v) is 8.18. The molecule has 6 nitrogen and oxygen atoms in total. The van der Waals surface area contributed by atoms with Crippen molar-refractivity contribution in [1.29, 1.82) is 0 Å². The summed E-state index contributed by atoms with van der Waals surface area (Å²) < 4.78 is 22.7. The van der Waals surface area contributed by atoms with E-state index in [1.165, 1.54) is 6.07 Å². The van der Waals surface area contributed by atoms with Crippen LogP contribution in [0.2, 0.25) is 0 Å². The van der Waals surface area contributed by atoms with Gasteiger partial charge in [-0.25, -0.2) is 4.79 Å². The number of fused-ring (bicyclic) bond motifs is 1. The number of hydrogen-bond acceptors (Lipinski definition) is 6. The van der Waals surface area contributed by atoms with Gasteiger partial charge in [-0.05, 0) is 64.5 Å². The topological polar surface area (TPSA) is 78.1 Å². The molecule has 0 spiro atoms. The summed E-state index contributed by atoms with van der Waals surface area (Å²) in [5.41, 5.74) is 0.425. The molecule has 1 aliphatic heterocycles. The van der Waals surface area contributed by atoms with E-state index < -0.39 is 23.1 Å². The lowest BCUT2D eigenvalue weighted by Crippen LogP contribution is -2.36. The summed E-state index contributed by atoms with van der Waals surface area (Å²) >= 11 is 0. The van der Waals surface area contributed by atoms with Crippen LogP contribution in [-0.2, 0) is 9.47 Å². The molecular weight excluding hydrogens is 360 g/mol. The van der Waals surface area contributed by atoms with Gasteiger partial charge < -0.3 is 23.7 Å². The van der Waals surface area contributed by atoms with E-state index in [2.05, 4.69) is 0 Å². The highest BCUT2D eigenvalue weighted by atomic mass is 16.8. The lowest BCUT2D eigenvalue weighted by atomic mass is 9.94. The van der Waals surface area contributed by atoms with Crippen molar-refractivity contribution < 1.29 is 23.7 Å². The first kappa shape index (κ1) is 20.6. The first-order valence-electron chi connectivity index (χ1n) is 9.45. The van der Waals surface area contributed by atoms with E-state index in [1.54, 1.807) is 12.1 Å². The molecule has 6 heteroatoms. The van der Waals surface area contributed by atoms with Gasteiger partial charge in [0.25, 0.3) is 0 Å². The summed E-state index contributed by atoms with van der Waals surface area (Å²) in [6, 6.07) is 8.43. The summed E-state index contributed by atoms with van der Waals surface area (Å²) in [6.45, 7) is 9.86. The van der Waals surface area contributed by atoms with Crippen LogP contribution in [0.15, 0.2) is 51.2 Å². The van der Waals surface area contributed by atoms with Crippen LogP contribution >= 0.6 is 0 Å². The van der Waals surface area contributed by atoms with Gasteiger partial charge in [0.1, 0.15) is 17.9 Å². The van der Waals surface area contributed by atoms with Crippen molar-refractivity contribution in [1.82, 2.24) is 0 Å². The number of aliphatic hydroxyl groups excluding tert-OH is 1. The molecular formula is C22H28O6. The Hall–Kier alpha value is -2.15. The number of aliphatic hydroxyl groups is 1. The van der Waals surface area contributed by atoms with Crippen molar-refractivity contribution >= 4 is 11.0 Å². The highest BCUT2D eigenvalue weighted by Crippen LogP contribution is 2.38. The molecule has 0 saturated carbocycles. The lowest BCUT2D eigenvalue weighted by Gasteiger charge is -2.26. The molecule has 2 aromatic rings. The SMILES string of the molecule is C/C(=C\COc1ccc2ccc(=O)oc2c1)[C@@H](O)C[C@H]1OC(C)(C)OC1(C)C.